The second-order valence-electron chi connectivity index (χ2n) is 22.3. The lowest BCUT2D eigenvalue weighted by atomic mass is 9.77. The third-order valence-electron chi connectivity index (χ3n) is 13.7. The molecule has 0 spiro atoms. The van der Waals surface area contributed by atoms with Crippen LogP contribution < -0.4 is 10.6 Å². The van der Waals surface area contributed by atoms with Crippen molar-refractivity contribution in [2.45, 2.75) is 175 Å². The summed E-state index contributed by atoms with van der Waals surface area (Å²) in [5, 5.41) is 43.7. The maximum Gasteiger partial charge on any atom is 0.407 e. The monoisotopic (exact) mass is 1050 g/mol. The molecule has 3 N–H and O–H groups in total. The molecule has 77 heavy (non-hydrogen) atoms. The van der Waals surface area contributed by atoms with E-state index in [0.717, 1.165) is 53.9 Å². The first-order valence-corrected chi connectivity index (χ1v) is 27.3. The first-order chi connectivity index (χ1) is 36.6. The highest BCUT2D eigenvalue weighted by atomic mass is 16.7. The number of carboxylic acid groups (broad SMARTS) is 1. The molecule has 1 fully saturated rings. The zero-order chi connectivity index (χ0) is 56.9. The van der Waals surface area contributed by atoms with Crippen molar-refractivity contribution in [1.29, 1.82) is 15.8 Å². The molecule has 5 rings (SSSR count). The smallest absolute Gasteiger partial charge is 0.407 e. The quantitative estimate of drug-likeness (QED) is 0.0565. The lowest BCUT2D eigenvalue weighted by Crippen LogP contribution is -2.32. The summed E-state index contributed by atoms with van der Waals surface area (Å²) < 4.78 is 5.52. The lowest BCUT2D eigenvalue weighted by Gasteiger charge is -2.25. The van der Waals surface area contributed by atoms with Gasteiger partial charge in [-0.05, 0) is 159 Å². The molecule has 0 saturated carbocycles. The number of nitrogens with zero attached hydrogens (tertiary/aromatic N) is 4. The Kier molecular flexibility index (Phi) is 27.5. The number of nitrogens with one attached hydrogen (secondary N) is 2. The molecule has 0 aromatic heterocycles. The highest BCUT2D eigenvalue weighted by molar-refractivity contribution is 5.82. The van der Waals surface area contributed by atoms with E-state index in [2.05, 4.69) is 59.7 Å². The zero-order valence-electron chi connectivity index (χ0n) is 46.7. The molecule has 5 atom stereocenters. The van der Waals surface area contributed by atoms with Crippen LogP contribution in [0, 0.1) is 56.2 Å². The van der Waals surface area contributed by atoms with Gasteiger partial charge in [0.2, 0.25) is 5.91 Å². The number of alkyl carbamates (subject to hydrolysis) is 1. The van der Waals surface area contributed by atoms with Gasteiger partial charge in [0.25, 0.3) is 5.91 Å². The Labute approximate surface area is 458 Å². The third-order valence-corrected chi connectivity index (χ3v) is 13.7. The van der Waals surface area contributed by atoms with Crippen molar-refractivity contribution in [3.63, 3.8) is 0 Å². The van der Waals surface area contributed by atoms with Gasteiger partial charge in [-0.2, -0.15) is 15.8 Å². The molecule has 5 unspecified atom stereocenters. The van der Waals surface area contributed by atoms with Gasteiger partial charge >= 0.3 is 18.0 Å². The van der Waals surface area contributed by atoms with Crippen molar-refractivity contribution in [2.24, 2.45) is 22.2 Å². The van der Waals surface area contributed by atoms with E-state index >= 15 is 0 Å². The van der Waals surface area contributed by atoms with E-state index in [-0.39, 0.29) is 48.2 Å². The molecule has 3 aromatic rings. The van der Waals surface area contributed by atoms with E-state index < -0.39 is 34.1 Å². The Morgan fingerprint density at radius 2 is 1.16 bits per heavy atom. The molecule has 414 valence electrons. The Hall–Kier alpha value is -7.24. The predicted molar refractivity (Wildman–Crippen MR) is 299 cm³/mol. The molecule has 0 bridgehead atoms. The van der Waals surface area contributed by atoms with Crippen LogP contribution in [0.2, 0.25) is 0 Å². The fraction of sp³-hybridized carbons (Fsp3) is 0.524. The number of hydroxylamine groups is 2. The van der Waals surface area contributed by atoms with Crippen LogP contribution in [0.5, 0.6) is 0 Å². The molecule has 0 radical (unpaired) electrons. The normalized spacial score (nSPS) is 16.5. The Balaban J connectivity index is 0.000000316. The molecule has 2 aliphatic rings. The number of carboxylic acids is 1. The highest BCUT2D eigenvalue weighted by Gasteiger charge is 2.31. The topological polar surface area (TPSA) is 223 Å². The van der Waals surface area contributed by atoms with E-state index in [4.69, 9.17) is 19.9 Å². The fourth-order valence-electron chi connectivity index (χ4n) is 9.32. The second kappa shape index (κ2) is 33.0. The number of nitriles is 3. The summed E-state index contributed by atoms with van der Waals surface area (Å²) in [5.41, 5.74) is 2.52. The highest BCUT2D eigenvalue weighted by Crippen LogP contribution is 2.37. The summed E-state index contributed by atoms with van der Waals surface area (Å²) in [6, 6.07) is 36.8. The maximum atomic E-state index is 12.3. The van der Waals surface area contributed by atoms with Crippen LogP contribution in [-0.4, -0.2) is 59.2 Å². The average Bonchev–Trinajstić information content (AvgIpc) is 3.72. The number of rotatable bonds is 24. The van der Waals surface area contributed by atoms with Crippen molar-refractivity contribution in [3.8, 4) is 18.2 Å². The summed E-state index contributed by atoms with van der Waals surface area (Å²) in [6.07, 6.45) is 14.7. The minimum Gasteiger partial charge on any atom is -0.481 e. The van der Waals surface area contributed by atoms with E-state index in [9.17, 15) is 34.5 Å². The summed E-state index contributed by atoms with van der Waals surface area (Å²) in [4.78, 5) is 64.3. The van der Waals surface area contributed by atoms with E-state index in [1.165, 1.54) is 0 Å². The molecule has 1 saturated heterocycles. The van der Waals surface area contributed by atoms with Crippen LogP contribution >= 0.6 is 0 Å². The van der Waals surface area contributed by atoms with Crippen LogP contribution in [0.15, 0.2) is 115 Å². The van der Waals surface area contributed by atoms with Gasteiger partial charge in [0, 0.05) is 32.4 Å². The molecule has 1 heterocycles. The number of carbonyl (C=O) groups is 5. The van der Waals surface area contributed by atoms with Gasteiger partial charge in [-0.1, -0.05) is 117 Å². The summed E-state index contributed by atoms with van der Waals surface area (Å²) >= 11 is 0. The molecular weight excluding hydrogens is 969 g/mol. The van der Waals surface area contributed by atoms with Crippen molar-refractivity contribution in [1.82, 2.24) is 15.7 Å². The minimum atomic E-state index is -0.782. The number of aliphatic carboxylic acids is 1. The van der Waals surface area contributed by atoms with Crippen LogP contribution in [0.25, 0.3) is 0 Å². The van der Waals surface area contributed by atoms with Gasteiger partial charge in [0.05, 0.1) is 46.1 Å². The maximum absolute atomic E-state index is 12.3. The standard InChI is InChI=1S/C27H39N3O3.C20H24N2O3.C16H21NO2/c1-27(2,21-28)20-23(22-12-7-6-8-13-22)16-17-25(31)29-18-11-19-30-26(32)33-24-14-9-4-3-5-10-15-24;1-15-9-11-18(23)22(15)25-19(24)12-10-17(13-20(2,3)14-21)16-7-5-4-6-8-16;1-12(15(18)19)9-14(10-16(2,3)11-17)13-7-5-4-6-8-13/h3-4,6-8,12-13,23-24H,5,9-11,14-20H2,1-2H3,(H,29,31)(H,30,32);4-8,17H,1,9-13H2,2-3H3;4-8,12,14H,9-10H2,1-3H3,(H,18,19)/b4-3+;;. The number of carbonyl (C=O) groups excluding carboxylic acids is 4. The number of hydrogen-bond donors (Lipinski definition) is 3. The van der Waals surface area contributed by atoms with E-state index in [1.807, 2.05) is 120 Å². The van der Waals surface area contributed by atoms with Crippen LogP contribution in [0.1, 0.15) is 186 Å². The fourth-order valence-corrected chi connectivity index (χ4v) is 9.32. The Morgan fingerprint density at radius 3 is 1.64 bits per heavy atom. The van der Waals surface area contributed by atoms with E-state index in [0.29, 0.717) is 83.0 Å². The molecule has 14 nitrogen and oxygen atoms in total. The van der Waals surface area contributed by atoms with Gasteiger partial charge < -0.3 is 25.3 Å². The van der Waals surface area contributed by atoms with Gasteiger partial charge in [-0.25, -0.2) is 9.59 Å². The number of amides is 3. The number of ether oxygens (including phenoxy) is 1. The summed E-state index contributed by atoms with van der Waals surface area (Å²) in [6.45, 7) is 17.9. The second-order valence-corrected chi connectivity index (χ2v) is 22.3. The molecule has 14 heteroatoms. The lowest BCUT2D eigenvalue weighted by molar-refractivity contribution is -0.186. The molecule has 1 aliphatic carbocycles. The Bertz CT molecular complexity index is 2470. The predicted octanol–water partition coefficient (Wildman–Crippen LogP) is 13.5. The number of benzene rings is 3. The third kappa shape index (κ3) is 25.4. The zero-order valence-corrected chi connectivity index (χ0v) is 46.7. The molecule has 3 amide bonds. The van der Waals surface area contributed by atoms with Gasteiger partial charge in [0.15, 0.2) is 0 Å². The van der Waals surface area contributed by atoms with Crippen molar-refractivity contribution < 1.29 is 38.7 Å². The molecule has 1 aliphatic heterocycles. The van der Waals surface area contributed by atoms with Crippen molar-refractivity contribution in [2.75, 3.05) is 13.1 Å². The summed E-state index contributed by atoms with van der Waals surface area (Å²) in [7, 11) is 0. The first-order valence-electron chi connectivity index (χ1n) is 27.3. The van der Waals surface area contributed by atoms with Gasteiger partial charge in [-0.15, -0.1) is 5.06 Å². The first kappa shape index (κ1) is 64.0. The van der Waals surface area contributed by atoms with Crippen LogP contribution in [0.4, 0.5) is 4.79 Å². The SMILES string of the molecule is C=C1CCC(=O)N1OC(=O)CCC(CC(C)(C)C#N)c1ccccc1.CC(C)(C#N)CC(CCC(=O)NCCCNC(=O)OC1CC/C=C/CCC1)c1ccccc1.CC(CC(CC(C)(C)C#N)c1ccccc1)C(=O)O. The van der Waals surface area contributed by atoms with E-state index in [1.54, 1.807) is 6.92 Å². The largest absolute Gasteiger partial charge is 0.481 e. The average molecular weight is 1050 g/mol. The van der Waals surface area contributed by atoms with Crippen molar-refractivity contribution in [3.05, 3.63) is 132 Å². The van der Waals surface area contributed by atoms with Gasteiger partial charge in [-0.3, -0.25) is 14.4 Å². The molecular formula is C63H84N6O8. The number of hydrogen-bond acceptors (Lipinski definition) is 10. The molecule has 3 aromatic carbocycles. The van der Waals surface area contributed by atoms with Crippen LogP contribution in [-0.2, 0) is 28.8 Å². The Morgan fingerprint density at radius 1 is 0.688 bits per heavy atom. The minimum absolute atomic E-state index is 0.00385. The van der Waals surface area contributed by atoms with Gasteiger partial charge in [0.1, 0.15) is 6.10 Å². The van der Waals surface area contributed by atoms with Crippen molar-refractivity contribution >= 4 is 29.8 Å². The van der Waals surface area contributed by atoms with Crippen LogP contribution in [0.3, 0.4) is 0 Å². The number of allylic oxidation sites excluding steroid dienone is 3. The summed E-state index contributed by atoms with van der Waals surface area (Å²) in [5.74, 6) is -1.54.